The topological polar surface area (TPSA) is 106 Å². The lowest BCUT2D eigenvalue weighted by molar-refractivity contribution is 0.0946. The molecule has 94 valence electrons. The van der Waals surface area contributed by atoms with E-state index in [1.54, 1.807) is 5.51 Å². The van der Waals surface area contributed by atoms with Crippen LogP contribution in [-0.4, -0.2) is 20.9 Å². The Balaban J connectivity index is 1.97. The predicted molar refractivity (Wildman–Crippen MR) is 67.9 cm³/mol. The summed E-state index contributed by atoms with van der Waals surface area (Å²) in [5.41, 5.74) is 5.26. The van der Waals surface area contributed by atoms with Crippen LogP contribution in [0.3, 0.4) is 0 Å². The van der Waals surface area contributed by atoms with Crippen LogP contribution in [0.5, 0.6) is 0 Å². The van der Waals surface area contributed by atoms with E-state index in [0.717, 1.165) is 10.6 Å². The van der Waals surface area contributed by atoms with Gasteiger partial charge in [0.05, 0.1) is 30.1 Å². The summed E-state index contributed by atoms with van der Waals surface area (Å²) < 4.78 is 0. The predicted octanol–water partition coefficient (Wildman–Crippen LogP) is 0.457. The molecule has 0 saturated carbocycles. The molecule has 18 heavy (non-hydrogen) atoms. The molecule has 0 fully saturated rings. The van der Waals surface area contributed by atoms with Crippen LogP contribution in [-0.2, 0) is 6.54 Å². The van der Waals surface area contributed by atoms with E-state index in [1.807, 2.05) is 6.92 Å². The molecule has 0 bridgehead atoms. The molecule has 0 radical (unpaired) electrons. The minimum Gasteiger partial charge on any atom is -0.346 e. The first-order valence-electron chi connectivity index (χ1n) is 5.16. The number of amides is 1. The summed E-state index contributed by atoms with van der Waals surface area (Å²) in [6.45, 7) is 2.34. The van der Waals surface area contributed by atoms with Crippen LogP contribution in [0.4, 0.5) is 5.82 Å². The van der Waals surface area contributed by atoms with Crippen LogP contribution in [0.15, 0.2) is 17.9 Å². The summed E-state index contributed by atoms with van der Waals surface area (Å²) in [4.78, 5) is 24.8. The minimum absolute atomic E-state index is 0.246. The third-order valence-electron chi connectivity index (χ3n) is 2.29. The van der Waals surface area contributed by atoms with Crippen molar-refractivity contribution < 1.29 is 4.79 Å². The molecule has 2 heterocycles. The molecule has 0 aliphatic carbocycles. The van der Waals surface area contributed by atoms with Crippen molar-refractivity contribution >= 4 is 23.1 Å². The summed E-state index contributed by atoms with van der Waals surface area (Å²) in [6, 6.07) is 0. The average Bonchev–Trinajstić information content (AvgIpc) is 2.81. The molecule has 0 aliphatic rings. The second kappa shape index (κ2) is 5.52. The zero-order valence-electron chi connectivity index (χ0n) is 9.67. The van der Waals surface area contributed by atoms with E-state index >= 15 is 0 Å². The fraction of sp³-hybridized carbons (Fsp3) is 0.200. The van der Waals surface area contributed by atoms with E-state index in [4.69, 9.17) is 5.84 Å². The number of carbonyl (C=O) groups is 1. The lowest BCUT2D eigenvalue weighted by Gasteiger charge is -2.04. The fourth-order valence-electron chi connectivity index (χ4n) is 1.27. The molecular formula is C10H12N6OS. The normalized spacial score (nSPS) is 10.1. The van der Waals surface area contributed by atoms with Crippen molar-refractivity contribution in [3.63, 3.8) is 0 Å². The van der Waals surface area contributed by atoms with Crippen molar-refractivity contribution in [1.29, 1.82) is 0 Å². The second-order valence-corrected chi connectivity index (χ2v) is 4.41. The number of aromatic nitrogens is 3. The van der Waals surface area contributed by atoms with E-state index in [0.29, 0.717) is 12.4 Å². The molecule has 0 spiro atoms. The Kier molecular flexibility index (Phi) is 3.80. The molecule has 0 atom stereocenters. The van der Waals surface area contributed by atoms with Crippen molar-refractivity contribution in [1.82, 2.24) is 20.3 Å². The molecule has 0 aliphatic heterocycles. The van der Waals surface area contributed by atoms with E-state index < -0.39 is 0 Å². The zero-order valence-corrected chi connectivity index (χ0v) is 10.5. The number of nitrogens with two attached hydrogens (primary N) is 1. The molecule has 2 aromatic rings. The number of carbonyl (C=O) groups excluding carboxylic acids is 1. The van der Waals surface area contributed by atoms with Gasteiger partial charge in [-0.25, -0.2) is 20.8 Å². The van der Waals surface area contributed by atoms with Crippen LogP contribution in [0, 0.1) is 6.92 Å². The van der Waals surface area contributed by atoms with Gasteiger partial charge in [-0.05, 0) is 6.92 Å². The van der Waals surface area contributed by atoms with Crippen molar-refractivity contribution in [2.45, 2.75) is 13.5 Å². The Morgan fingerprint density at radius 2 is 2.22 bits per heavy atom. The molecule has 2 aromatic heterocycles. The highest BCUT2D eigenvalue weighted by Crippen LogP contribution is 2.11. The van der Waals surface area contributed by atoms with Gasteiger partial charge in [0.2, 0.25) is 0 Å². The van der Waals surface area contributed by atoms with Crippen LogP contribution in [0.2, 0.25) is 0 Å². The summed E-state index contributed by atoms with van der Waals surface area (Å²) in [7, 11) is 0. The molecular weight excluding hydrogens is 252 g/mol. The minimum atomic E-state index is -0.279. The fourth-order valence-corrected chi connectivity index (χ4v) is 1.98. The maximum Gasteiger partial charge on any atom is 0.271 e. The quantitative estimate of drug-likeness (QED) is 0.547. The number of hydrogen-bond donors (Lipinski definition) is 3. The van der Waals surface area contributed by atoms with Crippen molar-refractivity contribution in [3.8, 4) is 0 Å². The Bertz CT molecular complexity index is 538. The van der Waals surface area contributed by atoms with Gasteiger partial charge in [-0.3, -0.25) is 4.79 Å². The molecule has 0 unspecified atom stereocenters. The van der Waals surface area contributed by atoms with Gasteiger partial charge in [0, 0.05) is 4.88 Å². The van der Waals surface area contributed by atoms with Crippen LogP contribution >= 0.6 is 11.3 Å². The third-order valence-corrected chi connectivity index (χ3v) is 3.22. The van der Waals surface area contributed by atoms with Gasteiger partial charge < -0.3 is 10.7 Å². The zero-order chi connectivity index (χ0) is 13.0. The monoisotopic (exact) mass is 264 g/mol. The van der Waals surface area contributed by atoms with Crippen molar-refractivity contribution in [3.05, 3.63) is 34.2 Å². The highest BCUT2D eigenvalue weighted by molar-refractivity contribution is 7.09. The van der Waals surface area contributed by atoms with Crippen molar-refractivity contribution in [2.75, 3.05) is 5.43 Å². The molecule has 4 N–H and O–H groups in total. The number of nitrogens with one attached hydrogen (secondary N) is 2. The molecule has 0 saturated heterocycles. The molecule has 0 aromatic carbocycles. The number of aryl methyl sites for hydroxylation is 1. The number of nitrogens with zero attached hydrogens (tertiary/aromatic N) is 3. The maximum absolute atomic E-state index is 11.8. The summed E-state index contributed by atoms with van der Waals surface area (Å²) in [5.74, 6) is 5.29. The van der Waals surface area contributed by atoms with Gasteiger partial charge >= 0.3 is 0 Å². The first kappa shape index (κ1) is 12.4. The summed E-state index contributed by atoms with van der Waals surface area (Å²) >= 11 is 1.50. The molecule has 7 nitrogen and oxygen atoms in total. The van der Waals surface area contributed by atoms with E-state index in [1.165, 1.54) is 23.7 Å². The molecule has 8 heteroatoms. The molecule has 2 rings (SSSR count). The third kappa shape index (κ3) is 2.79. The number of hydrazine groups is 1. The Labute approximate surface area is 107 Å². The number of rotatable bonds is 4. The van der Waals surface area contributed by atoms with E-state index in [2.05, 4.69) is 25.7 Å². The lowest BCUT2D eigenvalue weighted by atomic mass is 10.3. The van der Waals surface area contributed by atoms with Crippen molar-refractivity contribution in [2.24, 2.45) is 5.84 Å². The van der Waals surface area contributed by atoms with Gasteiger partial charge in [-0.1, -0.05) is 0 Å². The smallest absolute Gasteiger partial charge is 0.271 e. The maximum atomic E-state index is 11.8. The first-order chi connectivity index (χ1) is 8.70. The lowest BCUT2D eigenvalue weighted by Crippen LogP contribution is -2.24. The standard InChI is InChI=1S/C10H12N6OS/c1-6-8(18-5-15-6)3-14-10(17)7-2-13-9(16-11)4-12-7/h2,4-5H,3,11H2,1H3,(H,13,16)(H,14,17). The van der Waals surface area contributed by atoms with Gasteiger partial charge in [0.15, 0.2) is 5.82 Å². The van der Waals surface area contributed by atoms with Crippen LogP contribution in [0.1, 0.15) is 21.1 Å². The summed E-state index contributed by atoms with van der Waals surface area (Å²) in [5, 5.41) is 2.76. The van der Waals surface area contributed by atoms with Gasteiger partial charge in [-0.2, -0.15) is 0 Å². The Morgan fingerprint density at radius 1 is 1.39 bits per heavy atom. The number of thiazole rings is 1. The number of anilines is 1. The Morgan fingerprint density at radius 3 is 2.78 bits per heavy atom. The Hall–Kier alpha value is -2.06. The first-order valence-corrected chi connectivity index (χ1v) is 6.04. The number of hydrogen-bond acceptors (Lipinski definition) is 7. The van der Waals surface area contributed by atoms with Gasteiger partial charge in [0.1, 0.15) is 5.69 Å². The molecule has 1 amide bonds. The SMILES string of the molecule is Cc1ncsc1CNC(=O)c1cnc(NN)cn1. The average molecular weight is 264 g/mol. The summed E-state index contributed by atoms with van der Waals surface area (Å²) in [6.07, 6.45) is 2.76. The van der Waals surface area contributed by atoms with Crippen LogP contribution < -0.4 is 16.6 Å². The van der Waals surface area contributed by atoms with E-state index in [-0.39, 0.29) is 11.6 Å². The highest BCUT2D eigenvalue weighted by Gasteiger charge is 2.09. The van der Waals surface area contributed by atoms with E-state index in [9.17, 15) is 4.79 Å². The van der Waals surface area contributed by atoms with Gasteiger partial charge in [-0.15, -0.1) is 11.3 Å². The highest BCUT2D eigenvalue weighted by atomic mass is 32.1. The van der Waals surface area contributed by atoms with Crippen LogP contribution in [0.25, 0.3) is 0 Å². The van der Waals surface area contributed by atoms with Gasteiger partial charge in [0.25, 0.3) is 5.91 Å². The largest absolute Gasteiger partial charge is 0.346 e. The second-order valence-electron chi connectivity index (χ2n) is 3.47. The number of nitrogen functional groups attached to an aromatic ring is 1.